The lowest BCUT2D eigenvalue weighted by Gasteiger charge is -2.24. The molecule has 280 valence electrons. The second-order valence-electron chi connectivity index (χ2n) is 17.1. The normalized spacial score (nSPS) is 13.3. The summed E-state index contributed by atoms with van der Waals surface area (Å²) in [4.78, 5) is 0. The fourth-order valence-electron chi connectivity index (χ4n) is 10.9. The van der Waals surface area contributed by atoms with Crippen LogP contribution in [0.25, 0.3) is 120 Å². The smallest absolute Gasteiger partial charge is 0.143 e. The van der Waals surface area contributed by atoms with Crippen molar-refractivity contribution in [3.63, 3.8) is 0 Å². The maximum absolute atomic E-state index is 6.62. The highest BCUT2D eigenvalue weighted by molar-refractivity contribution is 6.25. The standard InChI is InChI=1S/C59H38O/c1-59(2)51-34-39(30-31-49(51)55-56-50-23-11-12-25-52(50)60-58(56)48-22-10-9-21-47(48)57(55)59)37-26-27-38-33-40(29-28-36(38)32-37)53-43-17-5-7-19-45(43)54(46-20-8-6-18-44(46)53)42-24-13-15-35-14-3-4-16-41(35)42/h3-34H,1-2H3. The Labute approximate surface area is 347 Å². The van der Waals surface area contributed by atoms with Gasteiger partial charge < -0.3 is 4.42 Å². The highest BCUT2D eigenvalue weighted by atomic mass is 16.3. The molecular weight excluding hydrogens is 725 g/mol. The van der Waals surface area contributed by atoms with E-state index < -0.39 is 0 Å². The maximum atomic E-state index is 6.62. The van der Waals surface area contributed by atoms with Crippen molar-refractivity contribution in [1.82, 2.24) is 0 Å². The van der Waals surface area contributed by atoms with E-state index in [1.165, 1.54) is 120 Å². The molecule has 0 N–H and O–H groups in total. The molecule has 1 nitrogen and oxygen atoms in total. The minimum Gasteiger partial charge on any atom is -0.455 e. The Morgan fingerprint density at radius 3 is 1.62 bits per heavy atom. The minimum absolute atomic E-state index is 0.201. The van der Waals surface area contributed by atoms with Crippen LogP contribution in [0.5, 0.6) is 0 Å². The third-order valence-corrected chi connectivity index (χ3v) is 13.6. The average Bonchev–Trinajstić information content (AvgIpc) is 3.80. The van der Waals surface area contributed by atoms with Gasteiger partial charge in [0.25, 0.3) is 0 Å². The molecule has 13 rings (SSSR count). The Bertz CT molecular complexity index is 3740. The first-order valence-corrected chi connectivity index (χ1v) is 21.0. The van der Waals surface area contributed by atoms with Crippen LogP contribution in [0, 0.1) is 0 Å². The molecule has 0 unspecified atom stereocenters. The van der Waals surface area contributed by atoms with Crippen molar-refractivity contribution in [1.29, 1.82) is 0 Å². The number of furan rings is 1. The summed E-state index contributed by atoms with van der Waals surface area (Å²) in [5, 5.41) is 14.9. The van der Waals surface area contributed by atoms with E-state index in [9.17, 15) is 0 Å². The van der Waals surface area contributed by atoms with Gasteiger partial charge in [0.15, 0.2) is 0 Å². The first kappa shape index (κ1) is 33.5. The number of fused-ring (bicyclic) bond motifs is 14. The number of hydrogen-bond acceptors (Lipinski definition) is 1. The topological polar surface area (TPSA) is 13.1 Å². The highest BCUT2D eigenvalue weighted by Gasteiger charge is 2.39. The Morgan fingerprint density at radius 1 is 0.350 bits per heavy atom. The molecule has 0 spiro atoms. The van der Waals surface area contributed by atoms with Crippen LogP contribution >= 0.6 is 0 Å². The molecule has 12 aromatic rings. The number of para-hydroxylation sites is 1. The molecule has 0 radical (unpaired) electrons. The predicted octanol–water partition coefficient (Wildman–Crippen LogP) is 16.7. The van der Waals surface area contributed by atoms with Gasteiger partial charge in [0, 0.05) is 21.6 Å². The van der Waals surface area contributed by atoms with Crippen LogP contribution in [0.1, 0.15) is 25.0 Å². The molecular formula is C59H38O. The Kier molecular flexibility index (Phi) is 6.85. The molecule has 60 heavy (non-hydrogen) atoms. The lowest BCUT2D eigenvalue weighted by Crippen LogP contribution is -2.15. The molecule has 1 aliphatic carbocycles. The zero-order valence-corrected chi connectivity index (χ0v) is 33.4. The van der Waals surface area contributed by atoms with Gasteiger partial charge in [-0.3, -0.25) is 0 Å². The molecule has 0 saturated heterocycles. The summed E-state index contributed by atoms with van der Waals surface area (Å²) in [6.07, 6.45) is 0. The molecule has 1 aromatic heterocycles. The van der Waals surface area contributed by atoms with E-state index in [1.807, 2.05) is 0 Å². The zero-order valence-electron chi connectivity index (χ0n) is 33.4. The summed E-state index contributed by atoms with van der Waals surface area (Å²) >= 11 is 0. The lowest BCUT2D eigenvalue weighted by molar-refractivity contribution is 0.664. The summed E-state index contributed by atoms with van der Waals surface area (Å²) in [6, 6.07) is 71.8. The number of benzene rings is 11. The monoisotopic (exact) mass is 762 g/mol. The third-order valence-electron chi connectivity index (χ3n) is 13.6. The van der Waals surface area contributed by atoms with Gasteiger partial charge in [-0.15, -0.1) is 0 Å². The van der Waals surface area contributed by atoms with Gasteiger partial charge in [-0.25, -0.2) is 0 Å². The molecule has 11 aromatic carbocycles. The van der Waals surface area contributed by atoms with Gasteiger partial charge >= 0.3 is 0 Å². The summed E-state index contributed by atoms with van der Waals surface area (Å²) < 4.78 is 6.62. The average molecular weight is 763 g/mol. The number of rotatable bonds is 3. The van der Waals surface area contributed by atoms with E-state index in [0.717, 1.165) is 11.2 Å². The Balaban J connectivity index is 0.953. The molecule has 0 amide bonds. The lowest BCUT2D eigenvalue weighted by atomic mass is 9.79. The second-order valence-corrected chi connectivity index (χ2v) is 17.1. The summed E-state index contributed by atoms with van der Waals surface area (Å²) in [6.45, 7) is 4.79. The molecule has 0 bridgehead atoms. The molecule has 0 aliphatic heterocycles. The van der Waals surface area contributed by atoms with Crippen LogP contribution in [-0.4, -0.2) is 0 Å². The zero-order chi connectivity index (χ0) is 39.7. The third kappa shape index (κ3) is 4.58. The minimum atomic E-state index is -0.201. The summed E-state index contributed by atoms with van der Waals surface area (Å²) in [5.41, 5.74) is 14.6. The predicted molar refractivity (Wildman–Crippen MR) is 255 cm³/mol. The van der Waals surface area contributed by atoms with E-state index in [4.69, 9.17) is 4.42 Å². The van der Waals surface area contributed by atoms with E-state index >= 15 is 0 Å². The molecule has 0 saturated carbocycles. The van der Waals surface area contributed by atoms with Gasteiger partial charge in [0.2, 0.25) is 0 Å². The fourth-order valence-corrected chi connectivity index (χ4v) is 10.9. The van der Waals surface area contributed by atoms with Crippen LogP contribution in [0.4, 0.5) is 0 Å². The highest BCUT2D eigenvalue weighted by Crippen LogP contribution is 2.57. The largest absolute Gasteiger partial charge is 0.455 e. The van der Waals surface area contributed by atoms with Crippen LogP contribution in [0.3, 0.4) is 0 Å². The van der Waals surface area contributed by atoms with E-state index in [0.29, 0.717) is 0 Å². The van der Waals surface area contributed by atoms with Crippen LogP contribution in [-0.2, 0) is 5.41 Å². The SMILES string of the molecule is CC1(C)c2cc(-c3ccc4cc(-c5c6ccccc6c(-c6cccc7ccccc67)c6ccccc56)ccc4c3)ccc2-c2c1c1ccccc1c1oc3ccccc3c21. The molecule has 0 fully saturated rings. The van der Waals surface area contributed by atoms with Crippen molar-refractivity contribution in [3.05, 3.63) is 205 Å². The van der Waals surface area contributed by atoms with E-state index in [1.54, 1.807) is 0 Å². The van der Waals surface area contributed by atoms with Crippen molar-refractivity contribution in [2.24, 2.45) is 0 Å². The van der Waals surface area contributed by atoms with Crippen molar-refractivity contribution < 1.29 is 4.42 Å². The van der Waals surface area contributed by atoms with Crippen molar-refractivity contribution >= 4 is 75.8 Å². The molecule has 1 heteroatoms. The van der Waals surface area contributed by atoms with E-state index in [2.05, 4.69) is 208 Å². The Hall–Kier alpha value is -7.48. The van der Waals surface area contributed by atoms with Gasteiger partial charge in [-0.2, -0.15) is 0 Å². The summed E-state index contributed by atoms with van der Waals surface area (Å²) in [7, 11) is 0. The van der Waals surface area contributed by atoms with Crippen LogP contribution in [0.15, 0.2) is 199 Å². The Morgan fingerprint density at radius 2 is 0.883 bits per heavy atom. The van der Waals surface area contributed by atoms with Gasteiger partial charge in [0.05, 0.1) is 0 Å². The van der Waals surface area contributed by atoms with E-state index in [-0.39, 0.29) is 5.41 Å². The van der Waals surface area contributed by atoms with Crippen molar-refractivity contribution in [2.75, 3.05) is 0 Å². The molecule has 0 atom stereocenters. The second kappa shape index (κ2) is 12.3. The van der Waals surface area contributed by atoms with Crippen molar-refractivity contribution in [2.45, 2.75) is 19.3 Å². The quantitative estimate of drug-likeness (QED) is 0.163. The molecule has 1 aliphatic rings. The number of hydrogen-bond donors (Lipinski definition) is 0. The van der Waals surface area contributed by atoms with Crippen LogP contribution < -0.4 is 0 Å². The van der Waals surface area contributed by atoms with Crippen LogP contribution in [0.2, 0.25) is 0 Å². The first-order valence-electron chi connectivity index (χ1n) is 21.0. The van der Waals surface area contributed by atoms with Crippen molar-refractivity contribution in [3.8, 4) is 44.5 Å². The van der Waals surface area contributed by atoms with Gasteiger partial charge in [-0.1, -0.05) is 184 Å². The van der Waals surface area contributed by atoms with Gasteiger partial charge in [0.1, 0.15) is 11.2 Å². The fraction of sp³-hybridized carbons (Fsp3) is 0.0508. The van der Waals surface area contributed by atoms with Gasteiger partial charge in [-0.05, 0) is 128 Å². The molecule has 1 heterocycles. The first-order chi connectivity index (χ1) is 29.5. The summed E-state index contributed by atoms with van der Waals surface area (Å²) in [5.74, 6) is 0. The maximum Gasteiger partial charge on any atom is 0.143 e.